The summed E-state index contributed by atoms with van der Waals surface area (Å²) in [5, 5.41) is 3.04. The maximum atomic E-state index is 15.2. The lowest BCUT2D eigenvalue weighted by Crippen LogP contribution is -2.38. The van der Waals surface area contributed by atoms with Crippen molar-refractivity contribution in [2.45, 2.75) is 32.8 Å². The van der Waals surface area contributed by atoms with Gasteiger partial charge in [0.25, 0.3) is 0 Å². The summed E-state index contributed by atoms with van der Waals surface area (Å²) in [4.78, 5) is 15.0. The van der Waals surface area contributed by atoms with Crippen LogP contribution in [-0.2, 0) is 22.6 Å². The minimum atomic E-state index is -0.277. The normalized spacial score (nSPS) is 15.3. The van der Waals surface area contributed by atoms with Gasteiger partial charge in [-0.1, -0.05) is 18.2 Å². The van der Waals surface area contributed by atoms with Crippen LogP contribution in [0, 0.1) is 12.7 Å². The van der Waals surface area contributed by atoms with Gasteiger partial charge in [0.2, 0.25) is 5.91 Å². The number of nitrogens with zero attached hydrogens (tertiary/aromatic N) is 2. The first-order chi connectivity index (χ1) is 17.1. The third kappa shape index (κ3) is 5.26. The number of aromatic nitrogens is 1. The van der Waals surface area contributed by atoms with Crippen molar-refractivity contribution in [3.63, 3.8) is 0 Å². The summed E-state index contributed by atoms with van der Waals surface area (Å²) in [6.07, 6.45) is 1.77. The van der Waals surface area contributed by atoms with E-state index in [9.17, 15) is 4.79 Å². The van der Waals surface area contributed by atoms with Crippen molar-refractivity contribution in [3.05, 3.63) is 71.2 Å². The predicted molar refractivity (Wildman–Crippen MR) is 133 cm³/mol. The molecule has 2 aliphatic rings. The second-order valence-electron chi connectivity index (χ2n) is 9.24. The minimum absolute atomic E-state index is 0.0127. The Morgan fingerprint density at radius 1 is 1.11 bits per heavy atom. The quantitative estimate of drug-likeness (QED) is 0.493. The van der Waals surface area contributed by atoms with Crippen LogP contribution in [0.1, 0.15) is 29.7 Å². The topological polar surface area (TPSA) is 55.7 Å². The van der Waals surface area contributed by atoms with Gasteiger partial charge < -0.3 is 19.4 Å². The van der Waals surface area contributed by atoms with Crippen LogP contribution in [-0.4, -0.2) is 54.8 Å². The maximum absolute atomic E-state index is 15.2. The molecule has 0 bridgehead atoms. The van der Waals surface area contributed by atoms with Crippen molar-refractivity contribution in [1.29, 1.82) is 0 Å². The average Bonchev–Trinajstić information content (AvgIpc) is 3.25. The number of morpholine rings is 1. The molecule has 1 aromatic heterocycles. The van der Waals surface area contributed by atoms with Gasteiger partial charge >= 0.3 is 0 Å². The molecular weight excluding hydrogens is 445 g/mol. The number of ether oxygens (including phenoxy) is 2. The van der Waals surface area contributed by atoms with Crippen LogP contribution >= 0.6 is 0 Å². The van der Waals surface area contributed by atoms with E-state index in [1.165, 1.54) is 0 Å². The third-order valence-corrected chi connectivity index (χ3v) is 6.71. The molecule has 0 spiro atoms. The lowest BCUT2D eigenvalue weighted by atomic mass is 10.0. The van der Waals surface area contributed by atoms with Gasteiger partial charge in [-0.2, -0.15) is 0 Å². The van der Waals surface area contributed by atoms with Crippen molar-refractivity contribution in [1.82, 2.24) is 14.8 Å². The molecule has 35 heavy (non-hydrogen) atoms. The number of halogens is 1. The molecule has 0 atom stereocenters. The molecule has 7 heteroatoms. The minimum Gasteiger partial charge on any atom is -0.488 e. The first-order valence-electron chi connectivity index (χ1n) is 12.4. The number of carbonyl (C=O) groups excluding carboxylic acids is 1. The lowest BCUT2D eigenvalue weighted by Gasteiger charge is -2.26. The molecule has 1 N–H and O–H groups in total. The van der Waals surface area contributed by atoms with Gasteiger partial charge in [-0.25, -0.2) is 4.39 Å². The number of carbonyl (C=O) groups is 1. The number of amides is 1. The van der Waals surface area contributed by atoms with E-state index in [4.69, 9.17) is 9.47 Å². The van der Waals surface area contributed by atoms with Crippen LogP contribution in [0.3, 0.4) is 0 Å². The number of benzene rings is 2. The maximum Gasteiger partial charge on any atom is 0.220 e. The number of aryl methyl sites for hydroxylation is 2. The highest BCUT2D eigenvalue weighted by Gasteiger charge is 2.26. The van der Waals surface area contributed by atoms with Crippen LogP contribution in [0.5, 0.6) is 5.75 Å². The fraction of sp³-hybridized carbons (Fsp3) is 0.393. The standard InChI is InChI=1S/C28H32FN3O3/c1-20-7-9-25(24(29)17-20)32-22(18-21-19-35-26-6-3-2-5-23(26)28(21)32)8-10-27(33)30-11-4-12-31-13-15-34-16-14-31/h2-3,5-7,9,17-18H,4,8,10-16,19H2,1H3,(H,30,33). The molecular formula is C28H32FN3O3. The molecule has 6 nitrogen and oxygen atoms in total. The zero-order valence-electron chi connectivity index (χ0n) is 20.2. The molecule has 5 rings (SSSR count). The Hall–Kier alpha value is -3.16. The molecule has 0 radical (unpaired) electrons. The highest BCUT2D eigenvalue weighted by Crippen LogP contribution is 2.41. The van der Waals surface area contributed by atoms with Crippen molar-refractivity contribution < 1.29 is 18.7 Å². The van der Waals surface area contributed by atoms with Crippen LogP contribution in [0.2, 0.25) is 0 Å². The van der Waals surface area contributed by atoms with E-state index < -0.39 is 0 Å². The zero-order chi connectivity index (χ0) is 24.2. The van der Waals surface area contributed by atoms with Crippen molar-refractivity contribution in [2.75, 3.05) is 39.4 Å². The lowest BCUT2D eigenvalue weighted by molar-refractivity contribution is -0.121. The Morgan fingerprint density at radius 3 is 2.77 bits per heavy atom. The van der Waals surface area contributed by atoms with Gasteiger partial charge in [-0.3, -0.25) is 9.69 Å². The summed E-state index contributed by atoms with van der Waals surface area (Å²) >= 11 is 0. The summed E-state index contributed by atoms with van der Waals surface area (Å²) in [6.45, 7) is 7.40. The second kappa shape index (κ2) is 10.6. The van der Waals surface area contributed by atoms with Crippen molar-refractivity contribution in [3.8, 4) is 22.7 Å². The molecule has 3 aromatic rings. The molecule has 184 valence electrons. The van der Waals surface area contributed by atoms with Gasteiger partial charge in [0, 0.05) is 42.9 Å². The second-order valence-corrected chi connectivity index (χ2v) is 9.24. The van der Waals surface area contributed by atoms with Crippen LogP contribution in [0.25, 0.3) is 16.9 Å². The van der Waals surface area contributed by atoms with E-state index >= 15 is 4.39 Å². The molecule has 0 unspecified atom stereocenters. The molecule has 3 heterocycles. The smallest absolute Gasteiger partial charge is 0.220 e. The first kappa shape index (κ1) is 23.6. The average molecular weight is 478 g/mol. The summed E-state index contributed by atoms with van der Waals surface area (Å²) in [6, 6.07) is 15.2. The van der Waals surface area contributed by atoms with E-state index in [0.29, 0.717) is 31.7 Å². The first-order valence-corrected chi connectivity index (χ1v) is 12.4. The fourth-order valence-electron chi connectivity index (χ4n) is 4.91. The molecule has 2 aliphatic heterocycles. The largest absolute Gasteiger partial charge is 0.488 e. The highest BCUT2D eigenvalue weighted by atomic mass is 19.1. The summed E-state index contributed by atoms with van der Waals surface area (Å²) in [7, 11) is 0. The van der Waals surface area contributed by atoms with Gasteiger partial charge in [0.1, 0.15) is 18.2 Å². The number of para-hydroxylation sites is 1. The Bertz CT molecular complexity index is 1200. The predicted octanol–water partition coefficient (Wildman–Crippen LogP) is 4.26. The third-order valence-electron chi connectivity index (χ3n) is 6.71. The number of fused-ring (bicyclic) bond motifs is 3. The van der Waals surface area contributed by atoms with Gasteiger partial charge in [-0.15, -0.1) is 0 Å². The Balaban J connectivity index is 1.32. The summed E-state index contributed by atoms with van der Waals surface area (Å²) < 4.78 is 28.4. The Kier molecular flexibility index (Phi) is 7.16. The molecule has 1 amide bonds. The Morgan fingerprint density at radius 2 is 1.94 bits per heavy atom. The number of hydrogen-bond donors (Lipinski definition) is 1. The SMILES string of the molecule is Cc1ccc(-n2c(CCC(=O)NCCCN3CCOCC3)cc3c2-c2ccccc2OC3)c(F)c1. The molecule has 0 saturated carbocycles. The summed E-state index contributed by atoms with van der Waals surface area (Å²) in [5.41, 5.74) is 5.15. The molecule has 0 aliphatic carbocycles. The van der Waals surface area contributed by atoms with Gasteiger partial charge in [0.05, 0.1) is 24.6 Å². The molecule has 1 fully saturated rings. The van der Waals surface area contributed by atoms with E-state index in [0.717, 1.165) is 73.1 Å². The van der Waals surface area contributed by atoms with Gasteiger partial charge in [0.15, 0.2) is 0 Å². The highest BCUT2D eigenvalue weighted by molar-refractivity contribution is 5.77. The van der Waals surface area contributed by atoms with E-state index in [-0.39, 0.29) is 11.7 Å². The monoisotopic (exact) mass is 477 g/mol. The summed E-state index contributed by atoms with van der Waals surface area (Å²) in [5.74, 6) is 0.524. The zero-order valence-corrected chi connectivity index (χ0v) is 20.2. The Labute approximate surface area is 205 Å². The van der Waals surface area contributed by atoms with E-state index in [1.54, 1.807) is 6.07 Å². The van der Waals surface area contributed by atoms with Crippen molar-refractivity contribution >= 4 is 5.91 Å². The van der Waals surface area contributed by atoms with E-state index in [2.05, 4.69) is 16.3 Å². The fourth-order valence-corrected chi connectivity index (χ4v) is 4.91. The molecule has 1 saturated heterocycles. The van der Waals surface area contributed by atoms with Crippen LogP contribution in [0.4, 0.5) is 4.39 Å². The van der Waals surface area contributed by atoms with Crippen LogP contribution in [0.15, 0.2) is 48.5 Å². The van der Waals surface area contributed by atoms with Crippen LogP contribution < -0.4 is 10.1 Å². The van der Waals surface area contributed by atoms with Crippen molar-refractivity contribution in [2.24, 2.45) is 0 Å². The van der Waals surface area contributed by atoms with E-state index in [1.807, 2.05) is 47.9 Å². The number of nitrogens with one attached hydrogen (secondary N) is 1. The number of rotatable bonds is 8. The molecule has 2 aromatic carbocycles. The van der Waals surface area contributed by atoms with Gasteiger partial charge in [-0.05, 0) is 62.2 Å². The number of hydrogen-bond acceptors (Lipinski definition) is 4.